The van der Waals surface area contributed by atoms with Crippen LogP contribution in [0.4, 0.5) is 5.69 Å². The van der Waals surface area contributed by atoms with Crippen LogP contribution in [0.3, 0.4) is 0 Å². The van der Waals surface area contributed by atoms with E-state index in [2.05, 4.69) is 21.2 Å². The molecule has 2 aromatic carbocycles. The quantitative estimate of drug-likeness (QED) is 0.872. The molecule has 1 aliphatic heterocycles. The van der Waals surface area contributed by atoms with E-state index in [0.717, 1.165) is 22.1 Å². The molecule has 0 spiro atoms. The number of ether oxygens (including phenoxy) is 2. The Hall–Kier alpha value is -2.01. The van der Waals surface area contributed by atoms with Crippen LogP contribution in [0.5, 0.6) is 11.5 Å². The molecule has 1 heterocycles. The standard InChI is InChI=1S/C17H16BrNO3/c1-11-8-15-16(22-7-3-6-21-15)10-14(11)17(20)19-13-5-2-4-12(18)9-13/h2,4-5,8-10H,3,6-7H2,1H3,(H,19,20). The SMILES string of the molecule is Cc1cc2c(cc1C(=O)Nc1cccc(Br)c1)OCCCO2. The van der Waals surface area contributed by atoms with Crippen LogP contribution in [0, 0.1) is 6.92 Å². The maximum atomic E-state index is 12.5. The van der Waals surface area contributed by atoms with E-state index < -0.39 is 0 Å². The summed E-state index contributed by atoms with van der Waals surface area (Å²) in [4.78, 5) is 12.5. The second kappa shape index (κ2) is 6.40. The first-order chi connectivity index (χ1) is 10.6. The van der Waals surface area contributed by atoms with Gasteiger partial charge in [-0.1, -0.05) is 22.0 Å². The van der Waals surface area contributed by atoms with Gasteiger partial charge in [-0.2, -0.15) is 0 Å². The van der Waals surface area contributed by atoms with Crippen molar-refractivity contribution in [2.45, 2.75) is 13.3 Å². The van der Waals surface area contributed by atoms with Crippen LogP contribution in [0.1, 0.15) is 22.3 Å². The molecule has 0 saturated carbocycles. The van der Waals surface area contributed by atoms with E-state index in [4.69, 9.17) is 9.47 Å². The molecule has 0 bridgehead atoms. The van der Waals surface area contributed by atoms with Gasteiger partial charge < -0.3 is 14.8 Å². The zero-order valence-electron chi connectivity index (χ0n) is 12.2. The largest absolute Gasteiger partial charge is 0.490 e. The molecule has 1 amide bonds. The van der Waals surface area contributed by atoms with E-state index >= 15 is 0 Å². The number of fused-ring (bicyclic) bond motifs is 1. The molecule has 1 aliphatic rings. The third-order valence-corrected chi connectivity index (χ3v) is 3.91. The highest BCUT2D eigenvalue weighted by molar-refractivity contribution is 9.10. The zero-order chi connectivity index (χ0) is 15.5. The van der Waals surface area contributed by atoms with E-state index in [1.54, 1.807) is 6.07 Å². The lowest BCUT2D eigenvalue weighted by atomic mass is 10.1. The van der Waals surface area contributed by atoms with Gasteiger partial charge >= 0.3 is 0 Å². The molecule has 2 aromatic rings. The van der Waals surface area contributed by atoms with Crippen molar-refractivity contribution in [2.75, 3.05) is 18.5 Å². The van der Waals surface area contributed by atoms with E-state index in [0.29, 0.717) is 30.3 Å². The summed E-state index contributed by atoms with van der Waals surface area (Å²) in [7, 11) is 0. The van der Waals surface area contributed by atoms with Gasteiger partial charge in [0.15, 0.2) is 11.5 Å². The van der Waals surface area contributed by atoms with Crippen molar-refractivity contribution >= 4 is 27.5 Å². The van der Waals surface area contributed by atoms with E-state index in [1.807, 2.05) is 37.3 Å². The summed E-state index contributed by atoms with van der Waals surface area (Å²) in [5.74, 6) is 1.17. The van der Waals surface area contributed by atoms with Crippen molar-refractivity contribution < 1.29 is 14.3 Å². The van der Waals surface area contributed by atoms with Gasteiger partial charge in [0.25, 0.3) is 5.91 Å². The van der Waals surface area contributed by atoms with Gasteiger partial charge in [-0.05, 0) is 42.8 Å². The third-order valence-electron chi connectivity index (χ3n) is 3.42. The van der Waals surface area contributed by atoms with Gasteiger partial charge in [-0.15, -0.1) is 0 Å². The maximum absolute atomic E-state index is 12.5. The molecule has 0 aromatic heterocycles. The molecule has 0 unspecified atom stereocenters. The Balaban J connectivity index is 1.87. The minimum Gasteiger partial charge on any atom is -0.490 e. The number of carbonyl (C=O) groups excluding carboxylic acids is 1. The van der Waals surface area contributed by atoms with Gasteiger partial charge in [-0.3, -0.25) is 4.79 Å². The van der Waals surface area contributed by atoms with Crippen molar-refractivity contribution in [3.63, 3.8) is 0 Å². The van der Waals surface area contributed by atoms with Gasteiger partial charge in [-0.25, -0.2) is 0 Å². The number of amides is 1. The van der Waals surface area contributed by atoms with Crippen molar-refractivity contribution in [3.05, 3.63) is 52.0 Å². The smallest absolute Gasteiger partial charge is 0.256 e. The fourth-order valence-electron chi connectivity index (χ4n) is 2.32. The molecular formula is C17H16BrNO3. The number of hydrogen-bond donors (Lipinski definition) is 1. The highest BCUT2D eigenvalue weighted by Crippen LogP contribution is 2.33. The molecule has 0 saturated heterocycles. The summed E-state index contributed by atoms with van der Waals surface area (Å²) in [6.45, 7) is 3.13. The van der Waals surface area contributed by atoms with Crippen LogP contribution in [-0.2, 0) is 0 Å². The predicted octanol–water partition coefficient (Wildman–Crippen LogP) is 4.17. The molecular weight excluding hydrogens is 346 g/mol. The minimum absolute atomic E-state index is 0.161. The summed E-state index contributed by atoms with van der Waals surface area (Å²) in [5.41, 5.74) is 2.19. The number of rotatable bonds is 2. The number of nitrogens with one attached hydrogen (secondary N) is 1. The molecule has 0 fully saturated rings. The lowest BCUT2D eigenvalue weighted by molar-refractivity contribution is 0.102. The lowest BCUT2D eigenvalue weighted by Gasteiger charge is -2.13. The lowest BCUT2D eigenvalue weighted by Crippen LogP contribution is -2.13. The fraction of sp³-hybridized carbons (Fsp3) is 0.235. The van der Waals surface area contributed by atoms with Gasteiger partial charge in [0.05, 0.1) is 13.2 Å². The van der Waals surface area contributed by atoms with Crippen molar-refractivity contribution in [1.29, 1.82) is 0 Å². The molecule has 1 N–H and O–H groups in total. The Labute approximate surface area is 137 Å². The second-order valence-electron chi connectivity index (χ2n) is 5.13. The van der Waals surface area contributed by atoms with Crippen LogP contribution in [0.2, 0.25) is 0 Å². The molecule has 4 nitrogen and oxygen atoms in total. The maximum Gasteiger partial charge on any atom is 0.256 e. The number of aryl methyl sites for hydroxylation is 1. The van der Waals surface area contributed by atoms with E-state index in [1.165, 1.54) is 0 Å². The summed E-state index contributed by atoms with van der Waals surface area (Å²) in [6, 6.07) is 11.1. The number of anilines is 1. The van der Waals surface area contributed by atoms with Crippen molar-refractivity contribution in [1.82, 2.24) is 0 Å². The summed E-state index contributed by atoms with van der Waals surface area (Å²) < 4.78 is 12.2. The van der Waals surface area contributed by atoms with Crippen LogP contribution < -0.4 is 14.8 Å². The van der Waals surface area contributed by atoms with Crippen LogP contribution >= 0.6 is 15.9 Å². The van der Waals surface area contributed by atoms with Gasteiger partial charge in [0, 0.05) is 22.1 Å². The molecule has 22 heavy (non-hydrogen) atoms. The first-order valence-electron chi connectivity index (χ1n) is 7.10. The summed E-state index contributed by atoms with van der Waals surface area (Å²) in [5, 5.41) is 2.90. The highest BCUT2D eigenvalue weighted by atomic mass is 79.9. The topological polar surface area (TPSA) is 47.6 Å². The molecule has 114 valence electrons. The average molecular weight is 362 g/mol. The van der Waals surface area contributed by atoms with Gasteiger partial charge in [0.2, 0.25) is 0 Å². The Kier molecular flexibility index (Phi) is 4.34. The Morgan fingerprint density at radius 1 is 1.14 bits per heavy atom. The van der Waals surface area contributed by atoms with Crippen LogP contribution in [0.25, 0.3) is 0 Å². The zero-order valence-corrected chi connectivity index (χ0v) is 13.8. The number of hydrogen-bond acceptors (Lipinski definition) is 3. The van der Waals surface area contributed by atoms with E-state index in [-0.39, 0.29) is 5.91 Å². The normalized spacial score (nSPS) is 13.4. The summed E-state index contributed by atoms with van der Waals surface area (Å²) in [6.07, 6.45) is 0.841. The second-order valence-corrected chi connectivity index (χ2v) is 6.04. The Bertz CT molecular complexity index is 715. The Morgan fingerprint density at radius 2 is 1.86 bits per heavy atom. The molecule has 0 radical (unpaired) electrons. The third kappa shape index (κ3) is 3.25. The first kappa shape index (κ1) is 14.9. The highest BCUT2D eigenvalue weighted by Gasteiger charge is 2.17. The number of halogens is 1. The monoisotopic (exact) mass is 361 g/mol. The number of carbonyl (C=O) groups is 1. The van der Waals surface area contributed by atoms with Crippen molar-refractivity contribution in [2.24, 2.45) is 0 Å². The molecule has 3 rings (SSSR count). The van der Waals surface area contributed by atoms with Crippen LogP contribution in [0.15, 0.2) is 40.9 Å². The van der Waals surface area contributed by atoms with Crippen LogP contribution in [-0.4, -0.2) is 19.1 Å². The van der Waals surface area contributed by atoms with Crippen molar-refractivity contribution in [3.8, 4) is 11.5 Å². The Morgan fingerprint density at radius 3 is 2.59 bits per heavy atom. The average Bonchev–Trinajstić information content (AvgIpc) is 2.71. The fourth-order valence-corrected chi connectivity index (χ4v) is 2.72. The first-order valence-corrected chi connectivity index (χ1v) is 7.90. The predicted molar refractivity (Wildman–Crippen MR) is 88.9 cm³/mol. The number of benzene rings is 2. The minimum atomic E-state index is -0.161. The summed E-state index contributed by atoms with van der Waals surface area (Å²) >= 11 is 3.39. The molecule has 5 heteroatoms. The molecule has 0 aliphatic carbocycles. The van der Waals surface area contributed by atoms with Gasteiger partial charge in [0.1, 0.15) is 0 Å². The molecule has 0 atom stereocenters. The van der Waals surface area contributed by atoms with E-state index in [9.17, 15) is 4.79 Å².